The zero-order valence-corrected chi connectivity index (χ0v) is 26.1. The molecule has 0 radical (unpaired) electrons. The van der Waals surface area contributed by atoms with Gasteiger partial charge in [-0.15, -0.1) is 0 Å². The van der Waals surface area contributed by atoms with Gasteiger partial charge in [0.05, 0.1) is 0 Å². The van der Waals surface area contributed by atoms with Crippen LogP contribution in [0.4, 0.5) is 0 Å². The molecule has 1 aromatic rings. The van der Waals surface area contributed by atoms with E-state index >= 15 is 0 Å². The van der Waals surface area contributed by atoms with Crippen molar-refractivity contribution in [2.45, 2.75) is 38.8 Å². The summed E-state index contributed by atoms with van der Waals surface area (Å²) in [7, 11) is 0. The highest BCUT2D eigenvalue weighted by molar-refractivity contribution is 5.95. The Balaban J connectivity index is 1.68. The summed E-state index contributed by atoms with van der Waals surface area (Å²) < 4.78 is 0. The zero-order valence-electron chi connectivity index (χ0n) is 26.1. The molecule has 11 nitrogen and oxygen atoms in total. The fourth-order valence-electron chi connectivity index (χ4n) is 5.50. The van der Waals surface area contributed by atoms with Crippen molar-refractivity contribution in [1.29, 1.82) is 0 Å². The lowest BCUT2D eigenvalue weighted by atomic mass is 10.0. The SMILES string of the molecule is NCCNC(=O)c1cc(CN2CCCNCCNCCCNCC2)ccc1CN1CCCNCCNCCCNCC1. The molecule has 9 N–H and O–H groups in total. The van der Waals surface area contributed by atoms with E-state index < -0.39 is 0 Å². The van der Waals surface area contributed by atoms with E-state index in [4.69, 9.17) is 5.73 Å². The molecular formula is C31H60N10O. The van der Waals surface area contributed by atoms with Crippen molar-refractivity contribution in [1.82, 2.24) is 47.0 Å². The third-order valence-electron chi connectivity index (χ3n) is 7.89. The molecule has 240 valence electrons. The Hall–Kier alpha value is -1.67. The van der Waals surface area contributed by atoms with Crippen molar-refractivity contribution in [3.05, 3.63) is 34.9 Å². The van der Waals surface area contributed by atoms with Gasteiger partial charge in [-0.2, -0.15) is 0 Å². The summed E-state index contributed by atoms with van der Waals surface area (Å²) >= 11 is 0. The number of amides is 1. The van der Waals surface area contributed by atoms with Gasteiger partial charge in [0, 0.05) is 84.1 Å². The monoisotopic (exact) mass is 588 g/mol. The molecule has 0 aliphatic carbocycles. The number of hydrogen-bond acceptors (Lipinski definition) is 10. The minimum absolute atomic E-state index is 0.0211. The van der Waals surface area contributed by atoms with Crippen molar-refractivity contribution in [3.8, 4) is 0 Å². The fraction of sp³-hybridized carbons (Fsp3) is 0.774. The Bertz CT molecular complexity index is 814. The maximum absolute atomic E-state index is 13.4. The van der Waals surface area contributed by atoms with Crippen LogP contribution in [0.2, 0.25) is 0 Å². The van der Waals surface area contributed by atoms with Crippen molar-refractivity contribution in [2.75, 3.05) is 118 Å². The van der Waals surface area contributed by atoms with Gasteiger partial charge in [-0.25, -0.2) is 0 Å². The molecular weight excluding hydrogens is 528 g/mol. The molecule has 3 rings (SSSR count). The predicted molar refractivity (Wildman–Crippen MR) is 174 cm³/mol. The van der Waals surface area contributed by atoms with Crippen LogP contribution in [-0.2, 0) is 13.1 Å². The summed E-state index contributed by atoms with van der Waals surface area (Å²) in [5.74, 6) is -0.0211. The van der Waals surface area contributed by atoms with E-state index in [1.165, 1.54) is 5.56 Å². The molecule has 1 amide bonds. The lowest BCUT2D eigenvalue weighted by Gasteiger charge is -2.26. The van der Waals surface area contributed by atoms with Gasteiger partial charge in [0.1, 0.15) is 0 Å². The second-order valence-corrected chi connectivity index (χ2v) is 11.5. The molecule has 0 aromatic heterocycles. The number of carbonyl (C=O) groups is 1. The number of carbonyl (C=O) groups excluding carboxylic acids is 1. The van der Waals surface area contributed by atoms with Crippen molar-refractivity contribution in [2.24, 2.45) is 5.73 Å². The number of hydrogen-bond donors (Lipinski definition) is 8. The first-order chi connectivity index (χ1) is 20.8. The highest BCUT2D eigenvalue weighted by Crippen LogP contribution is 2.17. The second-order valence-electron chi connectivity index (χ2n) is 11.5. The van der Waals surface area contributed by atoms with Crippen molar-refractivity contribution in [3.63, 3.8) is 0 Å². The van der Waals surface area contributed by atoms with E-state index in [1.807, 2.05) is 0 Å². The summed E-state index contributed by atoms with van der Waals surface area (Å²) in [4.78, 5) is 18.4. The average Bonchev–Trinajstić information content (AvgIpc) is 3.00. The highest BCUT2D eigenvalue weighted by atomic mass is 16.1. The van der Waals surface area contributed by atoms with Crippen LogP contribution in [0, 0.1) is 0 Å². The smallest absolute Gasteiger partial charge is 0.251 e. The lowest BCUT2D eigenvalue weighted by molar-refractivity contribution is 0.0952. The van der Waals surface area contributed by atoms with E-state index in [9.17, 15) is 4.79 Å². The summed E-state index contributed by atoms with van der Waals surface area (Å²) in [6.45, 7) is 18.7. The van der Waals surface area contributed by atoms with E-state index in [2.05, 4.69) is 65.2 Å². The fourth-order valence-corrected chi connectivity index (χ4v) is 5.50. The maximum atomic E-state index is 13.4. The van der Waals surface area contributed by atoms with Crippen LogP contribution in [0.15, 0.2) is 18.2 Å². The standard InChI is InChI=1S/C31H60N10O/c32-7-14-39-31(42)30-25-28(26-40-21-3-12-35-17-15-33-8-1-10-37-19-23-40)5-6-29(30)27-41-22-4-13-36-18-16-34-9-2-11-38-20-24-41/h5-6,25,33-38H,1-4,7-24,26-27,32H2,(H,39,42). The minimum atomic E-state index is -0.0211. The molecule has 0 saturated carbocycles. The van der Waals surface area contributed by atoms with Crippen LogP contribution in [-0.4, -0.2) is 134 Å². The average molecular weight is 589 g/mol. The Morgan fingerprint density at radius 3 is 1.69 bits per heavy atom. The Morgan fingerprint density at radius 2 is 1.14 bits per heavy atom. The van der Waals surface area contributed by atoms with Gasteiger partial charge in [-0.3, -0.25) is 14.6 Å². The third kappa shape index (κ3) is 15.2. The van der Waals surface area contributed by atoms with Crippen LogP contribution < -0.4 is 43.0 Å². The van der Waals surface area contributed by atoms with Crippen LogP contribution in [0.25, 0.3) is 0 Å². The van der Waals surface area contributed by atoms with E-state index in [1.54, 1.807) is 0 Å². The Morgan fingerprint density at radius 1 is 0.643 bits per heavy atom. The van der Waals surface area contributed by atoms with Crippen LogP contribution in [0.5, 0.6) is 0 Å². The first-order valence-electron chi connectivity index (χ1n) is 16.6. The molecule has 11 heteroatoms. The number of nitrogens with two attached hydrogens (primary N) is 1. The van der Waals surface area contributed by atoms with E-state index in [0.717, 1.165) is 155 Å². The summed E-state index contributed by atoms with van der Waals surface area (Å²) in [6, 6.07) is 6.54. The second kappa shape index (κ2) is 22.8. The molecule has 2 aliphatic heterocycles. The van der Waals surface area contributed by atoms with Crippen LogP contribution in [0.1, 0.15) is 47.2 Å². The van der Waals surface area contributed by atoms with Crippen molar-refractivity contribution < 1.29 is 4.79 Å². The molecule has 2 fully saturated rings. The number of nitrogens with zero attached hydrogens (tertiary/aromatic N) is 2. The lowest BCUT2D eigenvalue weighted by Crippen LogP contribution is -2.37. The third-order valence-corrected chi connectivity index (χ3v) is 7.89. The molecule has 42 heavy (non-hydrogen) atoms. The van der Waals surface area contributed by atoms with Gasteiger partial charge in [0.25, 0.3) is 5.91 Å². The van der Waals surface area contributed by atoms with Gasteiger partial charge in [-0.1, -0.05) is 12.1 Å². The van der Waals surface area contributed by atoms with Gasteiger partial charge in [-0.05, 0) is 95.2 Å². The van der Waals surface area contributed by atoms with Gasteiger partial charge in [0.15, 0.2) is 0 Å². The highest BCUT2D eigenvalue weighted by Gasteiger charge is 2.17. The summed E-state index contributed by atoms with van der Waals surface area (Å²) in [5.41, 5.74) is 8.79. The number of nitrogens with one attached hydrogen (secondary N) is 7. The molecule has 1 aromatic carbocycles. The first kappa shape index (κ1) is 34.8. The normalized spacial score (nSPS) is 21.2. The Kier molecular flexibility index (Phi) is 18.9. The van der Waals surface area contributed by atoms with E-state index in [0.29, 0.717) is 13.1 Å². The van der Waals surface area contributed by atoms with Crippen LogP contribution >= 0.6 is 0 Å². The molecule has 2 saturated heterocycles. The van der Waals surface area contributed by atoms with Gasteiger partial charge in [0.2, 0.25) is 0 Å². The maximum Gasteiger partial charge on any atom is 0.251 e. The molecule has 0 atom stereocenters. The van der Waals surface area contributed by atoms with Gasteiger partial charge < -0.3 is 43.0 Å². The molecule has 0 spiro atoms. The number of benzene rings is 1. The topological polar surface area (TPSA) is 134 Å². The first-order valence-corrected chi connectivity index (χ1v) is 16.6. The quantitative estimate of drug-likeness (QED) is 0.203. The molecule has 2 aliphatic rings. The van der Waals surface area contributed by atoms with Gasteiger partial charge >= 0.3 is 0 Å². The minimum Gasteiger partial charge on any atom is -0.351 e. The summed E-state index contributed by atoms with van der Waals surface area (Å²) in [5, 5.41) is 24.3. The largest absolute Gasteiger partial charge is 0.351 e. The number of rotatable bonds is 7. The van der Waals surface area contributed by atoms with Crippen molar-refractivity contribution >= 4 is 5.91 Å². The van der Waals surface area contributed by atoms with Crippen LogP contribution in [0.3, 0.4) is 0 Å². The molecule has 0 unspecified atom stereocenters. The van der Waals surface area contributed by atoms with E-state index in [-0.39, 0.29) is 5.91 Å². The zero-order chi connectivity index (χ0) is 29.5. The predicted octanol–water partition coefficient (Wildman–Crippen LogP) is -0.896. The Labute approximate surface area is 254 Å². The molecule has 0 bridgehead atoms. The molecule has 2 heterocycles. The summed E-state index contributed by atoms with van der Waals surface area (Å²) in [6.07, 6.45) is 4.47.